The Balaban J connectivity index is 2.98. The van der Waals surface area contributed by atoms with Gasteiger partial charge in [0.05, 0.1) is 12.5 Å². The van der Waals surface area contributed by atoms with Crippen LogP contribution < -0.4 is 17.0 Å². The standard InChI is InChI=1S/C5H8N6O/c6-2-8-4-3(1-9-11-4)5(12)10-7/h1-2H,7H2,(H,10,12)(H3,6,8,9,11). The number of aromatic nitrogens is 2. The Morgan fingerprint density at radius 3 is 3.17 bits per heavy atom. The molecule has 1 amide bonds. The lowest BCUT2D eigenvalue weighted by Crippen LogP contribution is -2.29. The summed E-state index contributed by atoms with van der Waals surface area (Å²) in [6, 6.07) is 0. The minimum absolute atomic E-state index is 0.249. The molecule has 0 radical (unpaired) electrons. The third kappa shape index (κ3) is 1.40. The number of nitrogens with two attached hydrogens (primary N) is 2. The zero-order valence-electron chi connectivity index (χ0n) is 6.11. The van der Waals surface area contributed by atoms with Gasteiger partial charge >= 0.3 is 0 Å². The third-order valence-electron chi connectivity index (χ3n) is 1.20. The highest BCUT2D eigenvalue weighted by Gasteiger charge is 2.10. The van der Waals surface area contributed by atoms with Crippen LogP contribution in [0.2, 0.25) is 0 Å². The Hall–Kier alpha value is -1.89. The molecule has 0 bridgehead atoms. The van der Waals surface area contributed by atoms with Gasteiger partial charge in [-0.1, -0.05) is 0 Å². The largest absolute Gasteiger partial charge is 0.390 e. The Kier molecular flexibility index (Phi) is 2.38. The summed E-state index contributed by atoms with van der Waals surface area (Å²) >= 11 is 0. The van der Waals surface area contributed by atoms with Crippen LogP contribution >= 0.6 is 0 Å². The first-order valence-electron chi connectivity index (χ1n) is 3.08. The lowest BCUT2D eigenvalue weighted by Gasteiger charge is -1.94. The molecule has 7 nitrogen and oxygen atoms in total. The Morgan fingerprint density at radius 2 is 2.58 bits per heavy atom. The van der Waals surface area contributed by atoms with Crippen molar-refractivity contribution in [2.45, 2.75) is 0 Å². The van der Waals surface area contributed by atoms with Crippen molar-refractivity contribution in [3.63, 3.8) is 0 Å². The summed E-state index contributed by atoms with van der Waals surface area (Å²) in [7, 11) is 0. The van der Waals surface area contributed by atoms with Gasteiger partial charge in [0.15, 0.2) is 5.82 Å². The Labute approximate surface area is 67.8 Å². The average molecular weight is 168 g/mol. The van der Waals surface area contributed by atoms with Gasteiger partial charge in [0.1, 0.15) is 5.56 Å². The van der Waals surface area contributed by atoms with Crippen molar-refractivity contribution in [3.8, 4) is 0 Å². The van der Waals surface area contributed by atoms with Gasteiger partial charge < -0.3 is 5.73 Å². The summed E-state index contributed by atoms with van der Waals surface area (Å²) < 4.78 is 0. The molecule has 0 fully saturated rings. The highest BCUT2D eigenvalue weighted by atomic mass is 16.2. The lowest BCUT2D eigenvalue weighted by molar-refractivity contribution is 0.0954. The predicted octanol–water partition coefficient (Wildman–Crippen LogP) is -1.37. The van der Waals surface area contributed by atoms with E-state index in [0.29, 0.717) is 0 Å². The van der Waals surface area contributed by atoms with Gasteiger partial charge in [-0.05, 0) is 0 Å². The van der Waals surface area contributed by atoms with Crippen molar-refractivity contribution in [2.75, 3.05) is 0 Å². The predicted molar refractivity (Wildman–Crippen MR) is 42.6 cm³/mol. The van der Waals surface area contributed by atoms with E-state index in [1.165, 1.54) is 6.20 Å². The molecule has 1 aromatic rings. The summed E-state index contributed by atoms with van der Waals surface area (Å²) in [5.41, 5.74) is 7.23. The minimum Gasteiger partial charge on any atom is -0.390 e. The van der Waals surface area contributed by atoms with Crippen LogP contribution in [-0.2, 0) is 0 Å². The monoisotopic (exact) mass is 168 g/mol. The van der Waals surface area contributed by atoms with Crippen LogP contribution in [0, 0.1) is 0 Å². The van der Waals surface area contributed by atoms with Crippen molar-refractivity contribution >= 4 is 18.1 Å². The summed E-state index contributed by atoms with van der Waals surface area (Å²) in [4.78, 5) is 14.6. The molecule has 0 aliphatic carbocycles. The minimum atomic E-state index is -0.468. The van der Waals surface area contributed by atoms with Crippen molar-refractivity contribution in [1.29, 1.82) is 0 Å². The Morgan fingerprint density at radius 1 is 1.83 bits per heavy atom. The topological polar surface area (TPSA) is 122 Å². The van der Waals surface area contributed by atoms with Gasteiger partial charge in [0.2, 0.25) is 0 Å². The fraction of sp³-hybridized carbons (Fsp3) is 0. The van der Waals surface area contributed by atoms with Crippen LogP contribution in [0.3, 0.4) is 0 Å². The van der Waals surface area contributed by atoms with E-state index < -0.39 is 5.91 Å². The van der Waals surface area contributed by atoms with Gasteiger partial charge in [0, 0.05) is 0 Å². The number of carbonyl (C=O) groups excluding carboxylic acids is 1. The molecule has 7 heteroatoms. The van der Waals surface area contributed by atoms with Gasteiger partial charge in [-0.25, -0.2) is 10.8 Å². The second-order valence-corrected chi connectivity index (χ2v) is 1.88. The first kappa shape index (κ1) is 8.21. The summed E-state index contributed by atoms with van der Waals surface area (Å²) in [5, 5.41) is 6.08. The molecule has 0 spiro atoms. The van der Waals surface area contributed by atoms with Gasteiger partial charge in [-0.3, -0.25) is 15.3 Å². The first-order chi connectivity index (χ1) is 5.79. The van der Waals surface area contributed by atoms with Gasteiger partial charge in [0.25, 0.3) is 5.91 Å². The highest BCUT2D eigenvalue weighted by Crippen LogP contribution is 2.12. The molecule has 0 aromatic carbocycles. The van der Waals surface area contributed by atoms with Crippen LogP contribution in [-0.4, -0.2) is 22.4 Å². The molecule has 0 saturated carbocycles. The fourth-order valence-corrected chi connectivity index (χ4v) is 0.696. The maximum atomic E-state index is 11.0. The maximum Gasteiger partial charge on any atom is 0.270 e. The van der Waals surface area contributed by atoms with Gasteiger partial charge in [-0.2, -0.15) is 5.10 Å². The summed E-state index contributed by atoms with van der Waals surface area (Å²) in [6.07, 6.45) is 2.37. The number of nitrogens with zero attached hydrogens (tertiary/aromatic N) is 2. The molecule has 64 valence electrons. The van der Waals surface area contributed by atoms with E-state index in [-0.39, 0.29) is 11.4 Å². The third-order valence-corrected chi connectivity index (χ3v) is 1.20. The van der Waals surface area contributed by atoms with E-state index in [9.17, 15) is 4.79 Å². The fourth-order valence-electron chi connectivity index (χ4n) is 0.696. The lowest BCUT2D eigenvalue weighted by atomic mass is 10.3. The smallest absolute Gasteiger partial charge is 0.270 e. The number of nitrogens with one attached hydrogen (secondary N) is 2. The number of hydrazine groups is 1. The number of nitrogen functional groups attached to an aromatic ring is 1. The van der Waals surface area contributed by atoms with Crippen molar-refractivity contribution in [2.24, 2.45) is 16.6 Å². The van der Waals surface area contributed by atoms with E-state index in [0.717, 1.165) is 6.34 Å². The number of rotatable bonds is 2. The molecular weight excluding hydrogens is 160 g/mol. The second-order valence-electron chi connectivity index (χ2n) is 1.88. The quantitative estimate of drug-likeness (QED) is 0.143. The van der Waals surface area contributed by atoms with E-state index in [1.807, 2.05) is 5.43 Å². The van der Waals surface area contributed by atoms with Crippen LogP contribution in [0.15, 0.2) is 11.2 Å². The number of hydrogen-bond acceptors (Lipinski definition) is 4. The van der Waals surface area contributed by atoms with Crippen LogP contribution in [0.1, 0.15) is 10.4 Å². The zero-order chi connectivity index (χ0) is 8.97. The molecule has 0 unspecified atom stereocenters. The molecule has 0 aliphatic rings. The molecule has 1 rings (SSSR count). The summed E-state index contributed by atoms with van der Waals surface area (Å²) in [6.45, 7) is 0. The normalized spacial score (nSPS) is 10.4. The molecule has 1 aromatic heterocycles. The molecule has 6 N–H and O–H groups in total. The SMILES string of the molecule is N/C=N/c1[nH]ncc1C(=O)NN. The zero-order valence-corrected chi connectivity index (χ0v) is 6.11. The number of aromatic amines is 1. The molecule has 0 aliphatic heterocycles. The van der Waals surface area contributed by atoms with E-state index in [1.54, 1.807) is 0 Å². The number of aliphatic imine (C=N–C) groups is 1. The van der Waals surface area contributed by atoms with Crippen molar-refractivity contribution < 1.29 is 4.79 Å². The number of carbonyl (C=O) groups is 1. The highest BCUT2D eigenvalue weighted by molar-refractivity contribution is 5.97. The average Bonchev–Trinajstić information content (AvgIpc) is 2.52. The number of H-pyrrole nitrogens is 1. The van der Waals surface area contributed by atoms with Crippen LogP contribution in [0.5, 0.6) is 0 Å². The van der Waals surface area contributed by atoms with Crippen LogP contribution in [0.25, 0.3) is 0 Å². The van der Waals surface area contributed by atoms with E-state index >= 15 is 0 Å². The Bertz CT molecular complexity index is 303. The van der Waals surface area contributed by atoms with E-state index in [2.05, 4.69) is 15.2 Å². The van der Waals surface area contributed by atoms with E-state index in [4.69, 9.17) is 11.6 Å². The number of amides is 1. The molecular formula is C5H8N6O. The maximum absolute atomic E-state index is 11.0. The molecule has 12 heavy (non-hydrogen) atoms. The summed E-state index contributed by atoms with van der Waals surface area (Å²) in [5.74, 6) is 4.71. The van der Waals surface area contributed by atoms with Crippen molar-refractivity contribution in [3.05, 3.63) is 11.8 Å². The molecule has 0 atom stereocenters. The first-order valence-corrected chi connectivity index (χ1v) is 3.08. The second kappa shape index (κ2) is 3.49. The van der Waals surface area contributed by atoms with Crippen LogP contribution in [0.4, 0.5) is 5.82 Å². The van der Waals surface area contributed by atoms with Gasteiger partial charge in [-0.15, -0.1) is 0 Å². The molecule has 1 heterocycles. The number of hydrogen-bond donors (Lipinski definition) is 4. The van der Waals surface area contributed by atoms with Crippen molar-refractivity contribution in [1.82, 2.24) is 15.6 Å². The molecule has 0 saturated heterocycles.